The number of benzene rings is 3. The van der Waals surface area contributed by atoms with E-state index < -0.39 is 0 Å². The molecule has 0 amide bonds. The van der Waals surface area contributed by atoms with E-state index in [4.69, 9.17) is 15.8 Å². The molecule has 3 N–H and O–H groups in total. The summed E-state index contributed by atoms with van der Waals surface area (Å²) in [5.74, 6) is 2.43. The van der Waals surface area contributed by atoms with Crippen molar-refractivity contribution in [2.45, 2.75) is 39.2 Å². The van der Waals surface area contributed by atoms with Crippen LogP contribution in [0.2, 0.25) is 0 Å². The van der Waals surface area contributed by atoms with E-state index in [1.165, 1.54) is 0 Å². The lowest BCUT2D eigenvalue weighted by Gasteiger charge is -2.12. The van der Waals surface area contributed by atoms with Crippen molar-refractivity contribution in [3.05, 3.63) is 95.6 Å². The van der Waals surface area contributed by atoms with Crippen molar-refractivity contribution < 1.29 is 0 Å². The molecule has 5 aromatic rings. The summed E-state index contributed by atoms with van der Waals surface area (Å²) in [6, 6.07) is 24.5. The van der Waals surface area contributed by atoms with Crippen LogP contribution in [0.1, 0.15) is 43.5 Å². The highest BCUT2D eigenvalue weighted by atomic mass is 15.5. The highest BCUT2D eigenvalue weighted by Crippen LogP contribution is 2.30. The minimum absolute atomic E-state index is 0.135. The van der Waals surface area contributed by atoms with Gasteiger partial charge in [0.1, 0.15) is 5.82 Å². The fourth-order valence-electron chi connectivity index (χ4n) is 3.94. The number of nitrogens with two attached hydrogens (primary N) is 1. The Bertz CT molecular complexity index is 1410. The van der Waals surface area contributed by atoms with Crippen LogP contribution in [0.25, 0.3) is 22.5 Å². The molecule has 8 nitrogen and oxygen atoms in total. The van der Waals surface area contributed by atoms with E-state index >= 15 is 0 Å². The van der Waals surface area contributed by atoms with Gasteiger partial charge in [0.25, 0.3) is 0 Å². The summed E-state index contributed by atoms with van der Waals surface area (Å²) in [7, 11) is 0. The van der Waals surface area contributed by atoms with Crippen molar-refractivity contribution in [2.24, 2.45) is 0 Å². The summed E-state index contributed by atoms with van der Waals surface area (Å²) in [6.45, 7) is 7.04. The maximum atomic E-state index is 5.86. The summed E-state index contributed by atoms with van der Waals surface area (Å²) < 4.78 is 2.01. The number of nitrogen functional groups attached to an aromatic ring is 1. The number of nitrogens with one attached hydrogen (secondary N) is 1. The predicted molar refractivity (Wildman–Crippen MR) is 137 cm³/mol. The first-order valence-corrected chi connectivity index (χ1v) is 11.6. The van der Waals surface area contributed by atoms with Crippen LogP contribution in [0.15, 0.2) is 72.8 Å². The Hall–Kier alpha value is -4.33. The first-order chi connectivity index (χ1) is 16.9. The van der Waals surface area contributed by atoms with Crippen molar-refractivity contribution >= 4 is 5.69 Å². The number of aromatic amines is 1. The van der Waals surface area contributed by atoms with E-state index in [2.05, 4.69) is 71.7 Å². The zero-order valence-corrected chi connectivity index (χ0v) is 20.1. The largest absolute Gasteiger partial charge is 0.399 e. The topological polar surface area (TPSA) is 111 Å². The van der Waals surface area contributed by atoms with Gasteiger partial charge in [-0.2, -0.15) is 5.10 Å². The van der Waals surface area contributed by atoms with Crippen molar-refractivity contribution in [1.29, 1.82) is 0 Å². The Kier molecular flexibility index (Phi) is 5.86. The first-order valence-electron chi connectivity index (χ1n) is 11.6. The van der Waals surface area contributed by atoms with Crippen LogP contribution in [-0.4, -0.2) is 35.4 Å². The van der Waals surface area contributed by atoms with Crippen molar-refractivity contribution in [3.63, 3.8) is 0 Å². The second-order valence-corrected chi connectivity index (χ2v) is 9.67. The van der Waals surface area contributed by atoms with Gasteiger partial charge in [-0.3, -0.25) is 0 Å². The Labute approximate surface area is 204 Å². The molecule has 35 heavy (non-hydrogen) atoms. The number of H-pyrrole nitrogens is 1. The van der Waals surface area contributed by atoms with E-state index in [-0.39, 0.29) is 5.41 Å². The van der Waals surface area contributed by atoms with E-state index in [1.54, 1.807) is 0 Å². The van der Waals surface area contributed by atoms with Gasteiger partial charge in [-0.15, -0.1) is 5.10 Å². The quantitative estimate of drug-likeness (QED) is 0.354. The SMILES string of the molecule is CC(C)(C)c1nc(Cc2ccc(N)cc2)n(Cc2ccc(-c3ccccc3-c3nnn[nH]3)cc2)n1. The van der Waals surface area contributed by atoms with E-state index in [0.717, 1.165) is 45.2 Å². The number of rotatable bonds is 6. The van der Waals surface area contributed by atoms with Crippen LogP contribution in [0.3, 0.4) is 0 Å². The van der Waals surface area contributed by atoms with Gasteiger partial charge in [0.15, 0.2) is 11.6 Å². The van der Waals surface area contributed by atoms with Crippen LogP contribution in [0.4, 0.5) is 5.69 Å². The molecule has 176 valence electrons. The van der Waals surface area contributed by atoms with Gasteiger partial charge < -0.3 is 5.73 Å². The van der Waals surface area contributed by atoms with Crippen molar-refractivity contribution in [3.8, 4) is 22.5 Å². The van der Waals surface area contributed by atoms with Crippen molar-refractivity contribution in [1.82, 2.24) is 35.4 Å². The molecule has 0 fully saturated rings. The maximum Gasteiger partial charge on any atom is 0.180 e. The molecule has 0 aliphatic rings. The fraction of sp³-hybridized carbons (Fsp3) is 0.222. The molecule has 2 heterocycles. The molecule has 0 unspecified atom stereocenters. The standard InChI is InChI=1S/C27H28N8/c1-27(2,3)26-29-24(16-18-10-14-21(28)15-11-18)35(32-26)17-19-8-12-20(13-9-19)22-6-4-5-7-23(22)25-30-33-34-31-25/h4-15H,16-17,28H2,1-3H3,(H,30,31,33,34). The van der Waals surface area contributed by atoms with Gasteiger partial charge in [0.2, 0.25) is 0 Å². The number of hydrogen-bond acceptors (Lipinski definition) is 6. The lowest BCUT2D eigenvalue weighted by molar-refractivity contribution is 0.532. The molecule has 0 aliphatic heterocycles. The third-order valence-corrected chi connectivity index (χ3v) is 5.89. The molecule has 0 bridgehead atoms. The zero-order valence-electron chi connectivity index (χ0n) is 20.1. The minimum atomic E-state index is -0.135. The number of tetrazole rings is 1. The van der Waals surface area contributed by atoms with Gasteiger partial charge in [-0.05, 0) is 44.8 Å². The Morgan fingerprint density at radius 2 is 1.54 bits per heavy atom. The molecule has 0 saturated heterocycles. The van der Waals surface area contributed by atoms with E-state index in [9.17, 15) is 0 Å². The monoisotopic (exact) mass is 464 g/mol. The van der Waals surface area contributed by atoms with Crippen LogP contribution in [-0.2, 0) is 18.4 Å². The van der Waals surface area contributed by atoms with Crippen LogP contribution < -0.4 is 5.73 Å². The second-order valence-electron chi connectivity index (χ2n) is 9.67. The van der Waals surface area contributed by atoms with Gasteiger partial charge >= 0.3 is 0 Å². The average molecular weight is 465 g/mol. The molecule has 0 aliphatic carbocycles. The molecule has 2 aromatic heterocycles. The third kappa shape index (κ3) is 4.96. The molecule has 3 aromatic carbocycles. The number of nitrogens with zero attached hydrogens (tertiary/aromatic N) is 6. The van der Waals surface area contributed by atoms with Crippen LogP contribution in [0.5, 0.6) is 0 Å². The van der Waals surface area contributed by atoms with E-state index in [1.807, 2.05) is 47.1 Å². The maximum absolute atomic E-state index is 5.86. The summed E-state index contributed by atoms with van der Waals surface area (Å²) in [5.41, 5.74) is 11.9. The fourth-order valence-corrected chi connectivity index (χ4v) is 3.94. The van der Waals surface area contributed by atoms with Crippen LogP contribution in [0, 0.1) is 0 Å². The smallest absolute Gasteiger partial charge is 0.180 e. The molecule has 8 heteroatoms. The zero-order chi connectivity index (χ0) is 24.4. The highest BCUT2D eigenvalue weighted by molar-refractivity contribution is 5.80. The first kappa shape index (κ1) is 22.5. The van der Waals surface area contributed by atoms with Gasteiger partial charge in [-0.1, -0.05) is 81.4 Å². The van der Waals surface area contributed by atoms with Crippen LogP contribution >= 0.6 is 0 Å². The summed E-state index contributed by atoms with van der Waals surface area (Å²) in [6.07, 6.45) is 0.694. The summed E-state index contributed by atoms with van der Waals surface area (Å²) in [5, 5.41) is 19.2. The number of hydrogen-bond donors (Lipinski definition) is 2. The molecule has 0 spiro atoms. The molecular weight excluding hydrogens is 436 g/mol. The molecular formula is C27H28N8. The van der Waals surface area contributed by atoms with Crippen molar-refractivity contribution in [2.75, 3.05) is 5.73 Å². The Morgan fingerprint density at radius 1 is 0.857 bits per heavy atom. The Morgan fingerprint density at radius 3 is 2.20 bits per heavy atom. The molecule has 0 saturated carbocycles. The van der Waals surface area contributed by atoms with Gasteiger partial charge in [0, 0.05) is 23.1 Å². The van der Waals surface area contributed by atoms with E-state index in [0.29, 0.717) is 18.8 Å². The van der Waals surface area contributed by atoms with Gasteiger partial charge in [-0.25, -0.2) is 14.8 Å². The lowest BCUT2D eigenvalue weighted by Crippen LogP contribution is -2.14. The predicted octanol–water partition coefficient (Wildman–Crippen LogP) is 4.64. The normalized spacial score (nSPS) is 11.6. The molecule has 0 atom stereocenters. The Balaban J connectivity index is 1.43. The second kappa shape index (κ2) is 9.13. The third-order valence-electron chi connectivity index (χ3n) is 5.89. The summed E-state index contributed by atoms with van der Waals surface area (Å²) >= 11 is 0. The number of aromatic nitrogens is 7. The molecule has 0 radical (unpaired) electrons. The highest BCUT2D eigenvalue weighted by Gasteiger charge is 2.22. The molecule has 5 rings (SSSR count). The van der Waals surface area contributed by atoms with Gasteiger partial charge in [0.05, 0.1) is 6.54 Å². The number of anilines is 1. The summed E-state index contributed by atoms with van der Waals surface area (Å²) in [4.78, 5) is 4.90. The average Bonchev–Trinajstić information content (AvgIpc) is 3.52. The lowest BCUT2D eigenvalue weighted by atomic mass is 9.96. The minimum Gasteiger partial charge on any atom is -0.399 e.